The third-order valence-electron chi connectivity index (χ3n) is 1.94. The van der Waals surface area contributed by atoms with E-state index in [1.165, 1.54) is 6.42 Å². The van der Waals surface area contributed by atoms with Gasteiger partial charge in [-0.1, -0.05) is 12.2 Å². The third kappa shape index (κ3) is 1.71. The molecule has 1 rings (SSSR count). The van der Waals surface area contributed by atoms with Crippen molar-refractivity contribution in [1.29, 1.82) is 0 Å². The molecule has 0 saturated carbocycles. The molecule has 1 heterocycles. The lowest BCUT2D eigenvalue weighted by Crippen LogP contribution is -2.22. The van der Waals surface area contributed by atoms with E-state index in [1.54, 1.807) is 0 Å². The van der Waals surface area contributed by atoms with Gasteiger partial charge in [-0.3, -0.25) is 0 Å². The molecule has 1 aliphatic heterocycles. The van der Waals surface area contributed by atoms with Gasteiger partial charge in [-0.15, -0.1) is 13.2 Å². The number of hydrogen-bond donors (Lipinski definition) is 0. The molecule has 0 aromatic rings. The van der Waals surface area contributed by atoms with Crippen LogP contribution in [-0.2, 0) is 4.74 Å². The molecule has 0 spiro atoms. The molecule has 1 fully saturated rings. The van der Waals surface area contributed by atoms with E-state index in [1.807, 2.05) is 12.2 Å². The highest BCUT2D eigenvalue weighted by molar-refractivity contribution is 4.88. The summed E-state index contributed by atoms with van der Waals surface area (Å²) in [6.45, 7) is 8.23. The van der Waals surface area contributed by atoms with Crippen LogP contribution >= 0.6 is 0 Å². The van der Waals surface area contributed by atoms with E-state index in [4.69, 9.17) is 4.74 Å². The van der Waals surface area contributed by atoms with E-state index in [9.17, 15) is 0 Å². The molecule has 0 unspecified atom stereocenters. The predicted octanol–water partition coefficient (Wildman–Crippen LogP) is 2.15. The van der Waals surface area contributed by atoms with Crippen molar-refractivity contribution in [3.8, 4) is 0 Å². The van der Waals surface area contributed by atoms with Gasteiger partial charge in [0.05, 0.1) is 12.7 Å². The SMILES string of the molecule is C=C[C@@H]1CC[C@H](C=C)OC1. The first-order chi connectivity index (χ1) is 4.86. The molecule has 0 N–H and O–H groups in total. The fraction of sp³-hybridized carbons (Fsp3) is 0.556. The van der Waals surface area contributed by atoms with E-state index in [0.717, 1.165) is 13.0 Å². The second-order valence-corrected chi connectivity index (χ2v) is 2.68. The van der Waals surface area contributed by atoms with Crippen LogP contribution in [0.5, 0.6) is 0 Å². The summed E-state index contributed by atoms with van der Waals surface area (Å²) in [6, 6.07) is 0. The second kappa shape index (κ2) is 3.57. The van der Waals surface area contributed by atoms with Crippen LogP contribution in [-0.4, -0.2) is 12.7 Å². The van der Waals surface area contributed by atoms with Gasteiger partial charge in [-0.05, 0) is 12.8 Å². The fourth-order valence-electron chi connectivity index (χ4n) is 1.16. The average molecular weight is 138 g/mol. The van der Waals surface area contributed by atoms with E-state index >= 15 is 0 Å². The standard InChI is InChI=1S/C9H14O/c1-3-8-5-6-9(4-2)10-7-8/h3-4,8-9H,1-2,5-7H2/t8-,9+/m1/s1. The Morgan fingerprint density at radius 1 is 1.20 bits per heavy atom. The summed E-state index contributed by atoms with van der Waals surface area (Å²) in [7, 11) is 0. The largest absolute Gasteiger partial charge is 0.374 e. The minimum atomic E-state index is 0.288. The smallest absolute Gasteiger partial charge is 0.0753 e. The van der Waals surface area contributed by atoms with Crippen LogP contribution in [0.15, 0.2) is 25.3 Å². The zero-order valence-corrected chi connectivity index (χ0v) is 6.25. The normalized spacial score (nSPS) is 33.2. The van der Waals surface area contributed by atoms with Crippen molar-refractivity contribution in [3.05, 3.63) is 25.3 Å². The Labute approximate surface area is 62.4 Å². The van der Waals surface area contributed by atoms with Crippen molar-refractivity contribution in [1.82, 2.24) is 0 Å². The van der Waals surface area contributed by atoms with Crippen LogP contribution in [0.25, 0.3) is 0 Å². The van der Waals surface area contributed by atoms with Gasteiger partial charge in [0, 0.05) is 5.92 Å². The van der Waals surface area contributed by atoms with Crippen LogP contribution in [0.4, 0.5) is 0 Å². The van der Waals surface area contributed by atoms with Crippen molar-refractivity contribution in [2.75, 3.05) is 6.61 Å². The first-order valence-electron chi connectivity index (χ1n) is 3.73. The Morgan fingerprint density at radius 3 is 2.40 bits per heavy atom. The van der Waals surface area contributed by atoms with E-state index in [-0.39, 0.29) is 6.10 Å². The maximum Gasteiger partial charge on any atom is 0.0753 e. The van der Waals surface area contributed by atoms with Gasteiger partial charge in [0.2, 0.25) is 0 Å². The number of hydrogen-bond acceptors (Lipinski definition) is 1. The summed E-state index contributed by atoms with van der Waals surface area (Å²) in [4.78, 5) is 0. The Balaban J connectivity index is 2.30. The minimum Gasteiger partial charge on any atom is -0.374 e. The highest BCUT2D eigenvalue weighted by Gasteiger charge is 2.16. The highest BCUT2D eigenvalue weighted by atomic mass is 16.5. The molecule has 0 amide bonds. The van der Waals surface area contributed by atoms with Crippen LogP contribution in [0.1, 0.15) is 12.8 Å². The molecule has 10 heavy (non-hydrogen) atoms. The lowest BCUT2D eigenvalue weighted by molar-refractivity contribution is 0.0247. The molecule has 1 aliphatic rings. The maximum absolute atomic E-state index is 5.44. The Kier molecular flexibility index (Phi) is 2.69. The second-order valence-electron chi connectivity index (χ2n) is 2.68. The molecule has 56 valence electrons. The average Bonchev–Trinajstić information content (AvgIpc) is 2.05. The van der Waals surface area contributed by atoms with Gasteiger partial charge in [-0.2, -0.15) is 0 Å². The third-order valence-corrected chi connectivity index (χ3v) is 1.94. The molecule has 2 atom stereocenters. The van der Waals surface area contributed by atoms with Crippen molar-refractivity contribution >= 4 is 0 Å². The molecule has 1 saturated heterocycles. The van der Waals surface area contributed by atoms with Crippen molar-refractivity contribution in [2.24, 2.45) is 5.92 Å². The van der Waals surface area contributed by atoms with Crippen LogP contribution < -0.4 is 0 Å². The van der Waals surface area contributed by atoms with E-state index < -0.39 is 0 Å². The summed E-state index contributed by atoms with van der Waals surface area (Å²) in [5, 5.41) is 0. The molecule has 0 aromatic heterocycles. The van der Waals surface area contributed by atoms with Gasteiger partial charge < -0.3 is 4.74 Å². The molecule has 0 aliphatic carbocycles. The minimum absolute atomic E-state index is 0.288. The maximum atomic E-state index is 5.44. The van der Waals surface area contributed by atoms with Gasteiger partial charge >= 0.3 is 0 Å². The fourth-order valence-corrected chi connectivity index (χ4v) is 1.16. The molecule has 0 bridgehead atoms. The molecule has 0 radical (unpaired) electrons. The quantitative estimate of drug-likeness (QED) is 0.531. The monoisotopic (exact) mass is 138 g/mol. The molecule has 0 aromatic carbocycles. The summed E-state index contributed by atoms with van der Waals surface area (Å²) < 4.78 is 5.44. The van der Waals surface area contributed by atoms with Crippen molar-refractivity contribution in [2.45, 2.75) is 18.9 Å². The number of ether oxygens (including phenoxy) is 1. The zero-order chi connectivity index (χ0) is 7.40. The van der Waals surface area contributed by atoms with Gasteiger partial charge in [0.25, 0.3) is 0 Å². The molecular formula is C9H14O. The van der Waals surface area contributed by atoms with Crippen LogP contribution in [0, 0.1) is 5.92 Å². The van der Waals surface area contributed by atoms with Crippen LogP contribution in [0.3, 0.4) is 0 Å². The first kappa shape index (κ1) is 7.55. The van der Waals surface area contributed by atoms with Crippen molar-refractivity contribution < 1.29 is 4.74 Å². The molecule has 1 heteroatoms. The van der Waals surface area contributed by atoms with E-state index in [2.05, 4.69) is 13.2 Å². The Bertz CT molecular complexity index is 105. The van der Waals surface area contributed by atoms with Crippen molar-refractivity contribution in [3.63, 3.8) is 0 Å². The van der Waals surface area contributed by atoms with E-state index in [0.29, 0.717) is 5.92 Å². The summed E-state index contributed by atoms with van der Waals surface area (Å²) in [5.41, 5.74) is 0. The molecular weight excluding hydrogens is 124 g/mol. The Hall–Kier alpha value is -0.560. The molecule has 1 nitrogen and oxygen atoms in total. The lowest BCUT2D eigenvalue weighted by atomic mass is 9.99. The van der Waals surface area contributed by atoms with Gasteiger partial charge in [0.15, 0.2) is 0 Å². The summed E-state index contributed by atoms with van der Waals surface area (Å²) in [5.74, 6) is 0.566. The van der Waals surface area contributed by atoms with Gasteiger partial charge in [0.1, 0.15) is 0 Å². The zero-order valence-electron chi connectivity index (χ0n) is 6.25. The summed E-state index contributed by atoms with van der Waals surface area (Å²) in [6.07, 6.45) is 6.43. The summed E-state index contributed by atoms with van der Waals surface area (Å²) >= 11 is 0. The van der Waals surface area contributed by atoms with Crippen LogP contribution in [0.2, 0.25) is 0 Å². The Morgan fingerprint density at radius 2 is 2.00 bits per heavy atom. The highest BCUT2D eigenvalue weighted by Crippen LogP contribution is 2.19. The lowest BCUT2D eigenvalue weighted by Gasteiger charge is -2.24. The topological polar surface area (TPSA) is 9.23 Å². The van der Waals surface area contributed by atoms with Gasteiger partial charge in [-0.25, -0.2) is 0 Å². The first-order valence-corrected chi connectivity index (χ1v) is 3.73. The predicted molar refractivity (Wildman–Crippen MR) is 42.9 cm³/mol. The number of rotatable bonds is 2.